The van der Waals surface area contributed by atoms with Gasteiger partial charge in [-0.2, -0.15) is 0 Å². The van der Waals surface area contributed by atoms with Crippen LogP contribution >= 0.6 is 0 Å². The van der Waals surface area contributed by atoms with E-state index in [0.717, 1.165) is 19.1 Å². The molecule has 1 fully saturated rings. The second-order valence-electron chi connectivity index (χ2n) is 4.90. The van der Waals surface area contributed by atoms with Crippen molar-refractivity contribution in [2.45, 2.75) is 40.0 Å². The Morgan fingerprint density at radius 1 is 1.54 bits per heavy atom. The summed E-state index contributed by atoms with van der Waals surface area (Å²) in [7, 11) is 0. The standard InChI is InChI=1S/C11H18O2/c1-8-4-5-10(13)9(8)6-11(2,3)7-12/h7-9H,4-6H2,1-3H3/t8-,9?/m1/s1. The van der Waals surface area contributed by atoms with Gasteiger partial charge in [0.15, 0.2) is 0 Å². The van der Waals surface area contributed by atoms with Crippen LogP contribution < -0.4 is 0 Å². The van der Waals surface area contributed by atoms with Gasteiger partial charge in [-0.25, -0.2) is 0 Å². The van der Waals surface area contributed by atoms with Crippen LogP contribution in [-0.4, -0.2) is 12.1 Å². The van der Waals surface area contributed by atoms with Crippen LogP contribution in [0.4, 0.5) is 0 Å². The molecule has 2 heteroatoms. The maximum atomic E-state index is 11.5. The predicted molar refractivity (Wildman–Crippen MR) is 51.4 cm³/mol. The average Bonchev–Trinajstić information content (AvgIpc) is 2.36. The molecule has 0 saturated heterocycles. The molecule has 0 amide bonds. The van der Waals surface area contributed by atoms with E-state index in [-0.39, 0.29) is 11.3 Å². The topological polar surface area (TPSA) is 34.1 Å². The minimum Gasteiger partial charge on any atom is -0.303 e. The first-order valence-electron chi connectivity index (χ1n) is 4.95. The number of carbonyl (C=O) groups is 2. The van der Waals surface area contributed by atoms with Gasteiger partial charge in [-0.15, -0.1) is 0 Å². The molecule has 1 aliphatic carbocycles. The highest BCUT2D eigenvalue weighted by Crippen LogP contribution is 2.36. The molecule has 1 aliphatic rings. The van der Waals surface area contributed by atoms with Crippen molar-refractivity contribution in [3.8, 4) is 0 Å². The molecule has 1 unspecified atom stereocenters. The van der Waals surface area contributed by atoms with E-state index in [1.54, 1.807) is 0 Å². The van der Waals surface area contributed by atoms with Gasteiger partial charge in [-0.3, -0.25) is 4.79 Å². The van der Waals surface area contributed by atoms with Gasteiger partial charge in [-0.1, -0.05) is 20.8 Å². The van der Waals surface area contributed by atoms with Gasteiger partial charge in [0.2, 0.25) is 0 Å². The molecule has 2 nitrogen and oxygen atoms in total. The summed E-state index contributed by atoms with van der Waals surface area (Å²) in [6.07, 6.45) is 3.39. The highest BCUT2D eigenvalue weighted by Gasteiger charge is 2.35. The van der Waals surface area contributed by atoms with Gasteiger partial charge in [0.05, 0.1) is 0 Å². The molecule has 0 spiro atoms. The largest absolute Gasteiger partial charge is 0.303 e. The molecular weight excluding hydrogens is 164 g/mol. The van der Waals surface area contributed by atoms with Crippen LogP contribution in [0.3, 0.4) is 0 Å². The summed E-state index contributed by atoms with van der Waals surface area (Å²) in [5.41, 5.74) is -0.334. The van der Waals surface area contributed by atoms with Crippen molar-refractivity contribution in [1.29, 1.82) is 0 Å². The molecule has 0 aliphatic heterocycles. The number of hydrogen-bond donors (Lipinski definition) is 0. The number of carbonyl (C=O) groups excluding carboxylic acids is 2. The van der Waals surface area contributed by atoms with Crippen LogP contribution in [0.25, 0.3) is 0 Å². The number of rotatable bonds is 3. The summed E-state index contributed by atoms with van der Waals surface area (Å²) in [6, 6.07) is 0. The third kappa shape index (κ3) is 2.39. The predicted octanol–water partition coefficient (Wildman–Crippen LogP) is 2.22. The zero-order valence-corrected chi connectivity index (χ0v) is 8.67. The van der Waals surface area contributed by atoms with Crippen molar-refractivity contribution in [2.24, 2.45) is 17.3 Å². The lowest BCUT2D eigenvalue weighted by molar-refractivity contribution is -0.123. The minimum atomic E-state index is -0.334. The van der Waals surface area contributed by atoms with E-state index in [0.29, 0.717) is 18.1 Å². The molecule has 0 aromatic heterocycles. The van der Waals surface area contributed by atoms with Crippen molar-refractivity contribution in [3.05, 3.63) is 0 Å². The molecule has 0 bridgehead atoms. The fraction of sp³-hybridized carbons (Fsp3) is 0.818. The highest BCUT2D eigenvalue weighted by atomic mass is 16.1. The molecular formula is C11H18O2. The summed E-state index contributed by atoms with van der Waals surface area (Å²) >= 11 is 0. The molecule has 0 radical (unpaired) electrons. The second-order valence-corrected chi connectivity index (χ2v) is 4.90. The Hall–Kier alpha value is -0.660. The SMILES string of the molecule is C[C@@H]1CCC(=O)C1CC(C)(C)C=O. The fourth-order valence-corrected chi connectivity index (χ4v) is 2.00. The first-order chi connectivity index (χ1) is 5.96. The Kier molecular flexibility index (Phi) is 2.89. The average molecular weight is 182 g/mol. The first-order valence-corrected chi connectivity index (χ1v) is 4.95. The van der Waals surface area contributed by atoms with Crippen LogP contribution in [0.15, 0.2) is 0 Å². The van der Waals surface area contributed by atoms with E-state index >= 15 is 0 Å². The van der Waals surface area contributed by atoms with E-state index in [1.165, 1.54) is 0 Å². The number of Topliss-reactive ketones (excluding diaryl/α,β-unsaturated/α-hetero) is 1. The van der Waals surface area contributed by atoms with E-state index in [1.807, 2.05) is 13.8 Å². The van der Waals surface area contributed by atoms with Crippen LogP contribution in [0.5, 0.6) is 0 Å². The van der Waals surface area contributed by atoms with E-state index in [2.05, 4.69) is 6.92 Å². The van der Waals surface area contributed by atoms with Crippen LogP contribution in [0, 0.1) is 17.3 Å². The van der Waals surface area contributed by atoms with Crippen molar-refractivity contribution in [1.82, 2.24) is 0 Å². The summed E-state index contributed by atoms with van der Waals surface area (Å²) in [5, 5.41) is 0. The van der Waals surface area contributed by atoms with Crippen molar-refractivity contribution >= 4 is 12.1 Å². The van der Waals surface area contributed by atoms with Gasteiger partial charge >= 0.3 is 0 Å². The third-order valence-electron chi connectivity index (χ3n) is 3.01. The molecule has 1 saturated carbocycles. The quantitative estimate of drug-likeness (QED) is 0.627. The third-order valence-corrected chi connectivity index (χ3v) is 3.01. The van der Waals surface area contributed by atoms with Gasteiger partial charge in [0.25, 0.3) is 0 Å². The zero-order valence-electron chi connectivity index (χ0n) is 8.67. The van der Waals surface area contributed by atoms with Gasteiger partial charge in [0, 0.05) is 17.8 Å². The molecule has 2 atom stereocenters. The van der Waals surface area contributed by atoms with Gasteiger partial charge < -0.3 is 4.79 Å². The van der Waals surface area contributed by atoms with Crippen molar-refractivity contribution < 1.29 is 9.59 Å². The Bertz CT molecular complexity index is 218. The molecule has 13 heavy (non-hydrogen) atoms. The summed E-state index contributed by atoms with van der Waals surface area (Å²) < 4.78 is 0. The Balaban J connectivity index is 2.62. The zero-order chi connectivity index (χ0) is 10.1. The van der Waals surface area contributed by atoms with Crippen LogP contribution in [0.2, 0.25) is 0 Å². The lowest BCUT2D eigenvalue weighted by Crippen LogP contribution is -2.23. The van der Waals surface area contributed by atoms with Crippen LogP contribution in [-0.2, 0) is 9.59 Å². The van der Waals surface area contributed by atoms with E-state index in [4.69, 9.17) is 0 Å². The lowest BCUT2D eigenvalue weighted by Gasteiger charge is -2.23. The Labute approximate surface area is 79.7 Å². The highest BCUT2D eigenvalue weighted by molar-refractivity contribution is 5.83. The molecule has 0 aromatic carbocycles. The molecule has 0 heterocycles. The number of aldehydes is 1. The van der Waals surface area contributed by atoms with Crippen molar-refractivity contribution in [3.63, 3.8) is 0 Å². The Morgan fingerprint density at radius 3 is 2.54 bits per heavy atom. The summed E-state index contributed by atoms with van der Waals surface area (Å²) in [4.78, 5) is 22.2. The van der Waals surface area contributed by atoms with Crippen LogP contribution in [0.1, 0.15) is 40.0 Å². The normalized spacial score (nSPS) is 29.3. The maximum Gasteiger partial charge on any atom is 0.136 e. The fourth-order valence-electron chi connectivity index (χ4n) is 2.00. The summed E-state index contributed by atoms with van der Waals surface area (Å²) in [6.45, 7) is 5.91. The minimum absolute atomic E-state index is 0.125. The van der Waals surface area contributed by atoms with E-state index < -0.39 is 0 Å². The van der Waals surface area contributed by atoms with E-state index in [9.17, 15) is 9.59 Å². The summed E-state index contributed by atoms with van der Waals surface area (Å²) in [5.74, 6) is 0.939. The van der Waals surface area contributed by atoms with Gasteiger partial charge in [-0.05, 0) is 18.8 Å². The van der Waals surface area contributed by atoms with Gasteiger partial charge in [0.1, 0.15) is 12.1 Å². The Morgan fingerprint density at radius 2 is 2.15 bits per heavy atom. The number of hydrogen-bond acceptors (Lipinski definition) is 2. The first kappa shape index (κ1) is 10.4. The van der Waals surface area contributed by atoms with Crippen molar-refractivity contribution in [2.75, 3.05) is 0 Å². The molecule has 74 valence electrons. The lowest BCUT2D eigenvalue weighted by atomic mass is 9.80. The molecule has 0 aromatic rings. The monoisotopic (exact) mass is 182 g/mol. The molecule has 1 rings (SSSR count). The second kappa shape index (κ2) is 3.60. The maximum absolute atomic E-state index is 11.5. The smallest absolute Gasteiger partial charge is 0.136 e. The molecule has 0 N–H and O–H groups in total. The number of ketones is 1.